The quantitative estimate of drug-likeness (QED) is 0.807. The molecule has 2 unspecified atom stereocenters. The van der Waals surface area contributed by atoms with Crippen LogP contribution in [0.2, 0.25) is 0 Å². The summed E-state index contributed by atoms with van der Waals surface area (Å²) in [5.41, 5.74) is 6.44. The Bertz CT molecular complexity index is 566. The maximum Gasteiger partial charge on any atom is 0.248 e. The topological polar surface area (TPSA) is 83.6 Å². The van der Waals surface area contributed by atoms with Crippen molar-refractivity contribution in [2.75, 3.05) is 13.6 Å². The van der Waals surface area contributed by atoms with Gasteiger partial charge in [-0.1, -0.05) is 18.6 Å². The molecule has 118 valence electrons. The van der Waals surface area contributed by atoms with Crippen LogP contribution in [0.25, 0.3) is 6.08 Å². The van der Waals surface area contributed by atoms with Crippen LogP contribution in [0.4, 0.5) is 0 Å². The molecule has 2 amide bonds. The lowest BCUT2D eigenvalue weighted by Crippen LogP contribution is -2.33. The number of likely N-dealkylation sites (N-methyl/N-ethyl adjacent to an activating group) is 1. The van der Waals surface area contributed by atoms with Crippen LogP contribution in [0.1, 0.15) is 35.2 Å². The smallest absolute Gasteiger partial charge is 0.248 e. The molecule has 5 heteroatoms. The van der Waals surface area contributed by atoms with E-state index in [9.17, 15) is 14.7 Å². The first-order valence-electron chi connectivity index (χ1n) is 7.48. The third kappa shape index (κ3) is 4.18. The first-order valence-corrected chi connectivity index (χ1v) is 7.48. The van der Waals surface area contributed by atoms with Gasteiger partial charge in [-0.05, 0) is 36.6 Å². The predicted molar refractivity (Wildman–Crippen MR) is 85.0 cm³/mol. The molecule has 0 bridgehead atoms. The minimum atomic E-state index is -0.471. The first-order chi connectivity index (χ1) is 10.5. The summed E-state index contributed by atoms with van der Waals surface area (Å²) in [6, 6.07) is 6.74. The number of primary amides is 1. The summed E-state index contributed by atoms with van der Waals surface area (Å²) in [6.45, 7) is 0.574. The molecule has 5 nitrogen and oxygen atoms in total. The Hall–Kier alpha value is -2.14. The van der Waals surface area contributed by atoms with Gasteiger partial charge >= 0.3 is 0 Å². The van der Waals surface area contributed by atoms with Crippen molar-refractivity contribution in [1.29, 1.82) is 0 Å². The molecule has 0 spiro atoms. The molecule has 2 rings (SSSR count). The van der Waals surface area contributed by atoms with Crippen LogP contribution in [0.5, 0.6) is 0 Å². The molecule has 0 radical (unpaired) electrons. The second-order valence-corrected chi connectivity index (χ2v) is 5.80. The van der Waals surface area contributed by atoms with Crippen LogP contribution >= 0.6 is 0 Å². The summed E-state index contributed by atoms with van der Waals surface area (Å²) in [6.07, 6.45) is 5.73. The van der Waals surface area contributed by atoms with Gasteiger partial charge in [0.05, 0.1) is 6.10 Å². The lowest BCUT2D eigenvalue weighted by atomic mass is 10.1. The van der Waals surface area contributed by atoms with E-state index in [1.54, 1.807) is 42.3 Å². The molecule has 1 aliphatic rings. The Morgan fingerprint density at radius 3 is 2.55 bits per heavy atom. The second-order valence-electron chi connectivity index (χ2n) is 5.80. The number of benzene rings is 1. The SMILES string of the molecule is CN(CC1CCCC1O)C(=O)/C=C/c1ccc(C(N)=O)cc1. The molecular formula is C17H22N2O3. The van der Waals surface area contributed by atoms with Gasteiger partial charge in [0.15, 0.2) is 0 Å². The van der Waals surface area contributed by atoms with E-state index in [0.29, 0.717) is 12.1 Å². The number of hydrogen-bond donors (Lipinski definition) is 2. The monoisotopic (exact) mass is 302 g/mol. The van der Waals surface area contributed by atoms with Gasteiger partial charge in [-0.2, -0.15) is 0 Å². The van der Waals surface area contributed by atoms with Crippen LogP contribution in [0.15, 0.2) is 30.3 Å². The number of nitrogens with zero attached hydrogens (tertiary/aromatic N) is 1. The Balaban J connectivity index is 1.91. The lowest BCUT2D eigenvalue weighted by Gasteiger charge is -2.22. The highest BCUT2D eigenvalue weighted by Gasteiger charge is 2.26. The second kappa shape index (κ2) is 7.22. The molecule has 1 fully saturated rings. The van der Waals surface area contributed by atoms with Crippen molar-refractivity contribution in [2.24, 2.45) is 11.7 Å². The average Bonchev–Trinajstić information content (AvgIpc) is 2.90. The normalized spacial score (nSPS) is 21.2. The molecule has 22 heavy (non-hydrogen) atoms. The van der Waals surface area contributed by atoms with E-state index >= 15 is 0 Å². The van der Waals surface area contributed by atoms with Crippen LogP contribution in [-0.2, 0) is 4.79 Å². The van der Waals surface area contributed by atoms with Crippen molar-refractivity contribution in [3.63, 3.8) is 0 Å². The summed E-state index contributed by atoms with van der Waals surface area (Å²) < 4.78 is 0. The molecule has 1 saturated carbocycles. The van der Waals surface area contributed by atoms with E-state index in [1.807, 2.05) is 0 Å². The zero-order valence-electron chi connectivity index (χ0n) is 12.7. The van der Waals surface area contributed by atoms with Crippen molar-refractivity contribution in [1.82, 2.24) is 4.90 Å². The molecule has 0 aliphatic heterocycles. The predicted octanol–water partition coefficient (Wildman–Crippen LogP) is 1.42. The van der Waals surface area contributed by atoms with Crippen LogP contribution in [0.3, 0.4) is 0 Å². The van der Waals surface area contributed by atoms with Gasteiger partial charge in [0.2, 0.25) is 11.8 Å². The molecule has 1 aliphatic carbocycles. The van der Waals surface area contributed by atoms with Gasteiger partial charge in [-0.25, -0.2) is 0 Å². The standard InChI is InChI=1S/C17H22N2O3/c1-19(11-14-3-2-4-15(14)20)16(21)10-7-12-5-8-13(9-6-12)17(18)22/h5-10,14-15,20H,2-4,11H2,1H3,(H2,18,22)/b10-7+. The van der Waals surface area contributed by atoms with Gasteiger partial charge < -0.3 is 15.7 Å². The van der Waals surface area contributed by atoms with E-state index in [4.69, 9.17) is 5.73 Å². The minimum Gasteiger partial charge on any atom is -0.393 e. The third-order valence-electron chi connectivity index (χ3n) is 4.12. The number of nitrogens with two attached hydrogens (primary N) is 1. The van der Waals surface area contributed by atoms with Gasteiger partial charge in [-0.15, -0.1) is 0 Å². The number of amides is 2. The Kier molecular flexibility index (Phi) is 5.33. The lowest BCUT2D eigenvalue weighted by molar-refractivity contribution is -0.125. The summed E-state index contributed by atoms with van der Waals surface area (Å²) in [5, 5.41) is 9.80. The molecule has 3 N–H and O–H groups in total. The van der Waals surface area contributed by atoms with Gasteiger partial charge in [0, 0.05) is 31.1 Å². The summed E-state index contributed by atoms with van der Waals surface area (Å²) in [7, 11) is 1.74. The molecule has 1 aromatic carbocycles. The van der Waals surface area contributed by atoms with E-state index in [0.717, 1.165) is 24.8 Å². The van der Waals surface area contributed by atoms with Crippen LogP contribution in [-0.4, -0.2) is 41.5 Å². The number of aliphatic hydroxyl groups excluding tert-OH is 1. The van der Waals surface area contributed by atoms with Crippen molar-refractivity contribution in [3.8, 4) is 0 Å². The maximum absolute atomic E-state index is 12.1. The highest BCUT2D eigenvalue weighted by Crippen LogP contribution is 2.26. The highest BCUT2D eigenvalue weighted by molar-refractivity contribution is 5.94. The third-order valence-corrected chi connectivity index (χ3v) is 4.12. The molecule has 0 saturated heterocycles. The van der Waals surface area contributed by atoms with Crippen molar-refractivity contribution in [3.05, 3.63) is 41.5 Å². The fourth-order valence-corrected chi connectivity index (χ4v) is 2.73. The first kappa shape index (κ1) is 16.2. The fraction of sp³-hybridized carbons (Fsp3) is 0.412. The van der Waals surface area contributed by atoms with E-state index in [1.165, 1.54) is 6.08 Å². The van der Waals surface area contributed by atoms with Crippen molar-refractivity contribution in [2.45, 2.75) is 25.4 Å². The summed E-state index contributed by atoms with van der Waals surface area (Å²) >= 11 is 0. The maximum atomic E-state index is 12.1. The number of carbonyl (C=O) groups excluding carboxylic acids is 2. The Labute approximate surface area is 130 Å². The molecule has 2 atom stereocenters. The van der Waals surface area contributed by atoms with E-state index in [-0.39, 0.29) is 17.9 Å². The number of rotatable bonds is 5. The minimum absolute atomic E-state index is 0.0990. The number of hydrogen-bond acceptors (Lipinski definition) is 3. The largest absolute Gasteiger partial charge is 0.393 e. The van der Waals surface area contributed by atoms with E-state index in [2.05, 4.69) is 0 Å². The van der Waals surface area contributed by atoms with E-state index < -0.39 is 5.91 Å². The van der Waals surface area contributed by atoms with Crippen molar-refractivity contribution < 1.29 is 14.7 Å². The van der Waals surface area contributed by atoms with Gasteiger partial charge in [0.25, 0.3) is 0 Å². The molecule has 0 aromatic heterocycles. The summed E-state index contributed by atoms with van der Waals surface area (Å²) in [5.74, 6) is -0.392. The molecular weight excluding hydrogens is 280 g/mol. The summed E-state index contributed by atoms with van der Waals surface area (Å²) in [4.78, 5) is 24.7. The van der Waals surface area contributed by atoms with Crippen LogP contribution < -0.4 is 5.73 Å². The molecule has 1 aromatic rings. The zero-order valence-corrected chi connectivity index (χ0v) is 12.7. The number of carbonyl (C=O) groups is 2. The van der Waals surface area contributed by atoms with Crippen LogP contribution in [0, 0.1) is 5.92 Å². The fourth-order valence-electron chi connectivity index (χ4n) is 2.73. The van der Waals surface area contributed by atoms with Gasteiger partial charge in [0.1, 0.15) is 0 Å². The highest BCUT2D eigenvalue weighted by atomic mass is 16.3. The average molecular weight is 302 g/mol. The Morgan fingerprint density at radius 2 is 2.00 bits per heavy atom. The Morgan fingerprint density at radius 1 is 1.32 bits per heavy atom. The molecule has 0 heterocycles. The van der Waals surface area contributed by atoms with Crippen molar-refractivity contribution >= 4 is 17.9 Å². The van der Waals surface area contributed by atoms with Gasteiger partial charge in [-0.3, -0.25) is 9.59 Å². The number of aliphatic hydroxyl groups is 1. The zero-order chi connectivity index (χ0) is 16.1.